The van der Waals surface area contributed by atoms with Gasteiger partial charge >= 0.3 is 6.03 Å². The summed E-state index contributed by atoms with van der Waals surface area (Å²) in [6, 6.07) is 11.4. The number of nitrogens with one attached hydrogen (secondary N) is 1. The third kappa shape index (κ3) is 3.61. The van der Waals surface area contributed by atoms with Crippen LogP contribution >= 0.6 is 0 Å². The zero-order chi connectivity index (χ0) is 18.7. The molecule has 4 amide bonds. The average molecular weight is 354 g/mol. The molecule has 1 heterocycles. The van der Waals surface area contributed by atoms with E-state index in [1.807, 2.05) is 0 Å². The first-order chi connectivity index (χ1) is 12.5. The first kappa shape index (κ1) is 17.3. The van der Waals surface area contributed by atoms with Crippen LogP contribution in [0.2, 0.25) is 0 Å². The van der Waals surface area contributed by atoms with Crippen LogP contribution in [0.15, 0.2) is 54.1 Å². The predicted octanol–water partition coefficient (Wildman–Crippen LogP) is 2.50. The van der Waals surface area contributed by atoms with Crippen molar-refractivity contribution in [3.63, 3.8) is 0 Å². The lowest BCUT2D eigenvalue weighted by Gasteiger charge is -2.26. The Bertz CT molecular complexity index is 889. The molecule has 1 fully saturated rings. The molecule has 2 aromatic carbocycles. The number of rotatable bonds is 4. The van der Waals surface area contributed by atoms with E-state index in [4.69, 9.17) is 4.74 Å². The molecule has 0 atom stereocenters. The summed E-state index contributed by atoms with van der Waals surface area (Å²) < 4.78 is 18.1. The summed E-state index contributed by atoms with van der Waals surface area (Å²) in [5.74, 6) is -1.25. The molecule has 7 heteroatoms. The number of hydrogen-bond donors (Lipinski definition) is 1. The second-order valence-corrected chi connectivity index (χ2v) is 5.61. The maximum absolute atomic E-state index is 13.0. The van der Waals surface area contributed by atoms with E-state index in [-0.39, 0.29) is 12.1 Å². The van der Waals surface area contributed by atoms with Crippen molar-refractivity contribution in [1.29, 1.82) is 0 Å². The van der Waals surface area contributed by atoms with Crippen molar-refractivity contribution in [1.82, 2.24) is 10.2 Å². The van der Waals surface area contributed by atoms with Crippen molar-refractivity contribution >= 4 is 23.9 Å². The van der Waals surface area contributed by atoms with Crippen molar-refractivity contribution in [2.24, 2.45) is 0 Å². The van der Waals surface area contributed by atoms with Crippen molar-refractivity contribution in [2.75, 3.05) is 7.11 Å². The molecule has 0 radical (unpaired) electrons. The van der Waals surface area contributed by atoms with Gasteiger partial charge in [-0.1, -0.05) is 24.3 Å². The molecule has 0 aliphatic carbocycles. The van der Waals surface area contributed by atoms with Gasteiger partial charge < -0.3 is 4.74 Å². The van der Waals surface area contributed by atoms with E-state index in [0.29, 0.717) is 16.9 Å². The highest BCUT2D eigenvalue weighted by atomic mass is 19.1. The number of imide groups is 2. The molecule has 3 rings (SSSR count). The monoisotopic (exact) mass is 354 g/mol. The Morgan fingerprint density at radius 1 is 1.04 bits per heavy atom. The number of amides is 4. The SMILES string of the molecule is COc1ccc(/C=C2\C(=O)NC(=O)N(Cc3ccc(F)cc3)C2=O)cc1. The number of barbiturate groups is 1. The molecule has 1 aliphatic heterocycles. The molecule has 0 bridgehead atoms. The number of urea groups is 1. The fourth-order valence-corrected chi connectivity index (χ4v) is 2.48. The Morgan fingerprint density at radius 3 is 2.31 bits per heavy atom. The van der Waals surface area contributed by atoms with Gasteiger partial charge in [-0.05, 0) is 41.5 Å². The van der Waals surface area contributed by atoms with Gasteiger partial charge in [-0.25, -0.2) is 9.18 Å². The van der Waals surface area contributed by atoms with Crippen LogP contribution in [0.25, 0.3) is 6.08 Å². The van der Waals surface area contributed by atoms with Crippen LogP contribution in [0, 0.1) is 5.82 Å². The predicted molar refractivity (Wildman–Crippen MR) is 91.5 cm³/mol. The number of carbonyl (C=O) groups excluding carboxylic acids is 3. The van der Waals surface area contributed by atoms with E-state index in [1.54, 1.807) is 24.3 Å². The van der Waals surface area contributed by atoms with Crippen LogP contribution in [0.3, 0.4) is 0 Å². The van der Waals surface area contributed by atoms with Crippen LogP contribution in [0.4, 0.5) is 9.18 Å². The van der Waals surface area contributed by atoms with Crippen LogP contribution < -0.4 is 10.1 Å². The lowest BCUT2D eigenvalue weighted by atomic mass is 10.1. The molecule has 26 heavy (non-hydrogen) atoms. The van der Waals surface area contributed by atoms with E-state index in [1.165, 1.54) is 37.5 Å². The molecule has 132 valence electrons. The number of hydrogen-bond acceptors (Lipinski definition) is 4. The topological polar surface area (TPSA) is 75.7 Å². The Hall–Kier alpha value is -3.48. The summed E-state index contributed by atoms with van der Waals surface area (Å²) in [5.41, 5.74) is 1.02. The zero-order valence-corrected chi connectivity index (χ0v) is 13.9. The maximum Gasteiger partial charge on any atom is 0.331 e. The highest BCUT2D eigenvalue weighted by Gasteiger charge is 2.35. The zero-order valence-electron chi connectivity index (χ0n) is 13.9. The molecule has 1 saturated heterocycles. The summed E-state index contributed by atoms with van der Waals surface area (Å²) in [6.45, 7) is -0.0713. The summed E-state index contributed by atoms with van der Waals surface area (Å²) in [7, 11) is 1.53. The molecule has 0 spiro atoms. The number of benzene rings is 2. The van der Waals surface area contributed by atoms with Crippen molar-refractivity contribution < 1.29 is 23.5 Å². The van der Waals surface area contributed by atoms with Crippen LogP contribution in [-0.4, -0.2) is 29.9 Å². The minimum Gasteiger partial charge on any atom is -0.497 e. The quantitative estimate of drug-likeness (QED) is 0.676. The van der Waals surface area contributed by atoms with Gasteiger partial charge in [-0.15, -0.1) is 0 Å². The van der Waals surface area contributed by atoms with Gasteiger partial charge in [0.1, 0.15) is 17.1 Å². The highest BCUT2D eigenvalue weighted by molar-refractivity contribution is 6.30. The number of carbonyl (C=O) groups is 3. The third-order valence-electron chi connectivity index (χ3n) is 3.87. The lowest BCUT2D eigenvalue weighted by molar-refractivity contribution is -0.130. The maximum atomic E-state index is 13.0. The lowest BCUT2D eigenvalue weighted by Crippen LogP contribution is -2.53. The van der Waals surface area contributed by atoms with Gasteiger partial charge in [0.2, 0.25) is 0 Å². The summed E-state index contributed by atoms with van der Waals surface area (Å²) in [4.78, 5) is 37.6. The molecule has 1 aliphatic rings. The Kier molecular flexibility index (Phi) is 4.79. The summed E-state index contributed by atoms with van der Waals surface area (Å²) >= 11 is 0. The molecular weight excluding hydrogens is 339 g/mol. The van der Waals surface area contributed by atoms with Gasteiger partial charge in [0.05, 0.1) is 13.7 Å². The van der Waals surface area contributed by atoms with E-state index < -0.39 is 23.7 Å². The number of halogens is 1. The minimum atomic E-state index is -0.809. The molecular formula is C19H15FN2O4. The van der Waals surface area contributed by atoms with Crippen molar-refractivity contribution in [2.45, 2.75) is 6.54 Å². The van der Waals surface area contributed by atoms with E-state index >= 15 is 0 Å². The largest absolute Gasteiger partial charge is 0.497 e. The fourth-order valence-electron chi connectivity index (χ4n) is 2.48. The number of ether oxygens (including phenoxy) is 1. The average Bonchev–Trinajstić information content (AvgIpc) is 2.64. The fraction of sp³-hybridized carbons (Fsp3) is 0.105. The highest BCUT2D eigenvalue weighted by Crippen LogP contribution is 2.19. The van der Waals surface area contributed by atoms with Gasteiger partial charge in [-0.3, -0.25) is 19.8 Å². The minimum absolute atomic E-state index is 0.0713. The normalized spacial score (nSPS) is 16.0. The Balaban J connectivity index is 1.86. The van der Waals surface area contributed by atoms with E-state index in [9.17, 15) is 18.8 Å². The molecule has 0 aromatic heterocycles. The van der Waals surface area contributed by atoms with Gasteiger partial charge in [-0.2, -0.15) is 0 Å². The second-order valence-electron chi connectivity index (χ2n) is 5.61. The summed E-state index contributed by atoms with van der Waals surface area (Å²) in [5, 5.41) is 2.14. The molecule has 0 saturated carbocycles. The number of nitrogens with zero attached hydrogens (tertiary/aromatic N) is 1. The van der Waals surface area contributed by atoms with E-state index in [0.717, 1.165) is 4.90 Å². The van der Waals surface area contributed by atoms with Crippen LogP contribution in [0.1, 0.15) is 11.1 Å². The molecule has 0 unspecified atom stereocenters. The molecule has 6 nitrogen and oxygen atoms in total. The van der Waals surface area contributed by atoms with Crippen molar-refractivity contribution in [3.8, 4) is 5.75 Å². The van der Waals surface area contributed by atoms with E-state index in [2.05, 4.69) is 5.32 Å². The van der Waals surface area contributed by atoms with Crippen LogP contribution in [0.5, 0.6) is 5.75 Å². The van der Waals surface area contributed by atoms with Crippen LogP contribution in [-0.2, 0) is 16.1 Å². The smallest absolute Gasteiger partial charge is 0.331 e. The second kappa shape index (κ2) is 7.18. The van der Waals surface area contributed by atoms with Crippen molar-refractivity contribution in [3.05, 3.63) is 71.0 Å². The van der Waals surface area contributed by atoms with Gasteiger partial charge in [0.15, 0.2) is 0 Å². The third-order valence-corrected chi connectivity index (χ3v) is 3.87. The van der Waals surface area contributed by atoms with Gasteiger partial charge in [0.25, 0.3) is 11.8 Å². The number of methoxy groups -OCH3 is 1. The molecule has 1 N–H and O–H groups in total. The standard InChI is InChI=1S/C19H15FN2O4/c1-26-15-8-4-12(5-9-15)10-16-17(23)21-19(25)22(18(16)24)11-13-2-6-14(20)7-3-13/h2-10H,11H2,1H3,(H,21,23,25)/b16-10+. The Morgan fingerprint density at radius 2 is 1.69 bits per heavy atom. The molecule has 2 aromatic rings. The first-order valence-corrected chi connectivity index (χ1v) is 7.75. The summed E-state index contributed by atoms with van der Waals surface area (Å²) in [6.07, 6.45) is 1.40. The Labute approximate surface area is 148 Å². The van der Waals surface area contributed by atoms with Gasteiger partial charge in [0, 0.05) is 0 Å². The first-order valence-electron chi connectivity index (χ1n) is 7.75.